The summed E-state index contributed by atoms with van der Waals surface area (Å²) in [5, 5.41) is 5.38. The molecular weight excluding hydrogens is 404 g/mol. The molecule has 2 aromatic rings. The molecule has 0 saturated heterocycles. The Morgan fingerprint density at radius 1 is 1.36 bits per heavy atom. The Morgan fingerprint density at radius 2 is 2.11 bits per heavy atom. The zero-order valence-corrected chi connectivity index (χ0v) is 17.0. The largest absolute Gasteiger partial charge is 0.476 e. The third-order valence-corrected chi connectivity index (χ3v) is 7.02. The Hall–Kier alpha value is -2.66. The van der Waals surface area contributed by atoms with Gasteiger partial charge in [0.1, 0.15) is 5.75 Å². The number of rotatable bonds is 6. The van der Waals surface area contributed by atoms with Crippen molar-refractivity contribution in [2.75, 3.05) is 22.7 Å². The molecule has 150 valence electrons. The number of anilines is 2. The van der Waals surface area contributed by atoms with Crippen LogP contribution in [0.5, 0.6) is 5.75 Å². The second-order valence-electron chi connectivity index (χ2n) is 6.07. The summed E-state index contributed by atoms with van der Waals surface area (Å²) in [6, 6.07) is 6.63. The number of para-hydroxylation sites is 2. The van der Waals surface area contributed by atoms with Gasteiger partial charge in [0.2, 0.25) is 5.91 Å². The lowest BCUT2D eigenvalue weighted by Crippen LogP contribution is -2.50. The Bertz CT molecular complexity index is 989. The first kappa shape index (κ1) is 20.1. The number of thiazole rings is 1. The zero-order valence-electron chi connectivity index (χ0n) is 15.3. The Morgan fingerprint density at radius 3 is 2.82 bits per heavy atom. The number of fused-ring (bicyclic) bond motifs is 1. The fraction of sp³-hybridized carbons (Fsp3) is 0.353. The highest BCUT2D eigenvalue weighted by atomic mass is 32.2. The fourth-order valence-corrected chi connectivity index (χ4v) is 5.29. The molecule has 11 heteroatoms. The van der Waals surface area contributed by atoms with Gasteiger partial charge in [0.15, 0.2) is 15.4 Å². The van der Waals surface area contributed by atoms with Crippen LogP contribution in [0.3, 0.4) is 0 Å². The topological polar surface area (TPSA) is 118 Å². The van der Waals surface area contributed by atoms with Gasteiger partial charge in [0, 0.05) is 13.5 Å². The second kappa shape index (κ2) is 8.15. The Labute approximate surface area is 166 Å². The lowest BCUT2D eigenvalue weighted by atomic mass is 10.2. The van der Waals surface area contributed by atoms with Crippen LogP contribution in [0.15, 0.2) is 34.7 Å². The van der Waals surface area contributed by atoms with Gasteiger partial charge in [-0.05, 0) is 18.6 Å². The summed E-state index contributed by atoms with van der Waals surface area (Å²) in [6.07, 6.45) is 0.971. The molecule has 0 bridgehead atoms. The molecule has 2 amide bonds. The summed E-state index contributed by atoms with van der Waals surface area (Å²) >= 11 is 0.846. The highest BCUT2D eigenvalue weighted by Crippen LogP contribution is 2.38. The molecule has 0 spiro atoms. The smallest absolute Gasteiger partial charge is 0.275 e. The molecule has 1 aromatic heterocycles. The quantitative estimate of drug-likeness (QED) is 0.727. The molecule has 1 aliphatic heterocycles. The Balaban J connectivity index is 1.94. The molecular formula is C17H20N4O5S2. The monoisotopic (exact) mass is 424 g/mol. The van der Waals surface area contributed by atoms with E-state index >= 15 is 0 Å². The molecule has 0 aliphatic carbocycles. The van der Waals surface area contributed by atoms with E-state index in [9.17, 15) is 18.0 Å². The molecule has 0 fully saturated rings. The molecule has 28 heavy (non-hydrogen) atoms. The highest BCUT2D eigenvalue weighted by molar-refractivity contribution is 7.94. The van der Waals surface area contributed by atoms with E-state index in [1.807, 2.05) is 6.92 Å². The molecule has 2 N–H and O–H groups in total. The van der Waals surface area contributed by atoms with Crippen molar-refractivity contribution in [2.45, 2.75) is 30.6 Å². The van der Waals surface area contributed by atoms with Crippen molar-refractivity contribution in [1.29, 1.82) is 0 Å². The van der Waals surface area contributed by atoms with Crippen LogP contribution in [0.25, 0.3) is 0 Å². The highest BCUT2D eigenvalue weighted by Gasteiger charge is 2.38. The summed E-state index contributed by atoms with van der Waals surface area (Å²) < 4.78 is 33.3. The number of hydrogen-bond acceptors (Lipinski definition) is 7. The van der Waals surface area contributed by atoms with Crippen LogP contribution in [-0.2, 0) is 19.6 Å². The average molecular weight is 425 g/mol. The number of benzene rings is 1. The SMILES string of the molecule is CCCNC(=O)[C@H]1CN(S(=O)(=O)c2cnc(NC(C)=O)s2)c2ccccc2O1. The van der Waals surface area contributed by atoms with Crippen molar-refractivity contribution < 1.29 is 22.7 Å². The summed E-state index contributed by atoms with van der Waals surface area (Å²) in [4.78, 5) is 27.5. The van der Waals surface area contributed by atoms with Crippen molar-refractivity contribution in [3.63, 3.8) is 0 Å². The predicted octanol–water partition coefficient (Wildman–Crippen LogP) is 1.58. The van der Waals surface area contributed by atoms with Crippen LogP contribution in [0.1, 0.15) is 20.3 Å². The minimum absolute atomic E-state index is 0.0410. The number of aromatic nitrogens is 1. The molecule has 0 saturated carbocycles. The van der Waals surface area contributed by atoms with Crippen LogP contribution in [-0.4, -0.2) is 44.4 Å². The first-order valence-electron chi connectivity index (χ1n) is 8.62. The van der Waals surface area contributed by atoms with Gasteiger partial charge in [0.25, 0.3) is 15.9 Å². The number of hydrogen-bond donors (Lipinski definition) is 2. The second-order valence-corrected chi connectivity index (χ2v) is 9.19. The third-order valence-electron chi connectivity index (χ3n) is 3.89. The van der Waals surface area contributed by atoms with Crippen LogP contribution in [0.4, 0.5) is 10.8 Å². The maximum atomic E-state index is 13.2. The van der Waals surface area contributed by atoms with Crippen molar-refractivity contribution in [1.82, 2.24) is 10.3 Å². The van der Waals surface area contributed by atoms with E-state index in [1.165, 1.54) is 13.1 Å². The van der Waals surface area contributed by atoms with Crippen molar-refractivity contribution in [2.24, 2.45) is 0 Å². The van der Waals surface area contributed by atoms with Crippen molar-refractivity contribution in [3.8, 4) is 5.75 Å². The molecule has 0 unspecified atom stereocenters. The molecule has 3 rings (SSSR count). The number of nitrogens with one attached hydrogen (secondary N) is 2. The summed E-state index contributed by atoms with van der Waals surface area (Å²) in [6.45, 7) is 3.54. The van der Waals surface area contributed by atoms with Crippen molar-refractivity contribution in [3.05, 3.63) is 30.5 Å². The lowest BCUT2D eigenvalue weighted by molar-refractivity contribution is -0.127. The van der Waals surface area contributed by atoms with Crippen LogP contribution >= 0.6 is 11.3 Å². The number of carbonyl (C=O) groups is 2. The number of amides is 2. The Kier molecular flexibility index (Phi) is 5.84. The van der Waals surface area contributed by atoms with E-state index in [4.69, 9.17) is 4.74 Å². The minimum Gasteiger partial charge on any atom is -0.476 e. The van der Waals surface area contributed by atoms with Gasteiger partial charge < -0.3 is 15.4 Å². The van der Waals surface area contributed by atoms with Gasteiger partial charge in [-0.2, -0.15) is 0 Å². The van der Waals surface area contributed by atoms with Crippen molar-refractivity contribution >= 4 is 44.0 Å². The van der Waals surface area contributed by atoms with E-state index in [2.05, 4.69) is 15.6 Å². The van der Waals surface area contributed by atoms with Gasteiger partial charge in [-0.25, -0.2) is 13.4 Å². The summed E-state index contributed by atoms with van der Waals surface area (Å²) in [5.74, 6) is -0.414. The molecule has 1 aromatic carbocycles. The van der Waals surface area contributed by atoms with Gasteiger partial charge in [0.05, 0.1) is 18.4 Å². The summed E-state index contributed by atoms with van der Waals surface area (Å²) in [5.41, 5.74) is 0.344. The minimum atomic E-state index is -4.00. The first-order chi connectivity index (χ1) is 13.3. The van der Waals surface area contributed by atoms with E-state index in [-0.39, 0.29) is 27.7 Å². The maximum Gasteiger partial charge on any atom is 0.275 e. The number of sulfonamides is 1. The molecule has 2 heterocycles. The average Bonchev–Trinajstić information content (AvgIpc) is 3.13. The number of carbonyl (C=O) groups excluding carboxylic acids is 2. The van der Waals surface area contributed by atoms with E-state index in [0.29, 0.717) is 18.0 Å². The summed E-state index contributed by atoms with van der Waals surface area (Å²) in [7, 11) is -4.00. The van der Waals surface area contributed by atoms with Gasteiger partial charge in [-0.3, -0.25) is 13.9 Å². The van der Waals surface area contributed by atoms with Crippen LogP contribution in [0, 0.1) is 0 Å². The molecule has 0 radical (unpaired) electrons. The zero-order chi connectivity index (χ0) is 20.3. The first-order valence-corrected chi connectivity index (χ1v) is 10.9. The fourth-order valence-electron chi connectivity index (χ4n) is 2.62. The maximum absolute atomic E-state index is 13.2. The number of nitrogens with zero attached hydrogens (tertiary/aromatic N) is 2. The lowest BCUT2D eigenvalue weighted by Gasteiger charge is -2.34. The molecule has 1 atom stereocenters. The van der Waals surface area contributed by atoms with E-state index < -0.39 is 16.1 Å². The van der Waals surface area contributed by atoms with Gasteiger partial charge >= 0.3 is 0 Å². The number of ether oxygens (including phenoxy) is 1. The van der Waals surface area contributed by atoms with E-state index in [1.54, 1.807) is 24.3 Å². The molecule has 1 aliphatic rings. The van der Waals surface area contributed by atoms with E-state index in [0.717, 1.165) is 22.1 Å². The van der Waals surface area contributed by atoms with Crippen LogP contribution < -0.4 is 19.7 Å². The standard InChI is InChI=1S/C17H20N4O5S2/c1-3-8-18-16(23)14-10-21(12-6-4-5-7-13(12)26-14)28(24,25)15-9-19-17(27-15)20-11(2)22/h4-7,9,14H,3,8,10H2,1-2H3,(H,18,23)(H,19,20,22)/t14-/m1/s1. The van der Waals surface area contributed by atoms with Gasteiger partial charge in [-0.1, -0.05) is 30.4 Å². The molecule has 9 nitrogen and oxygen atoms in total. The third kappa shape index (κ3) is 4.09. The van der Waals surface area contributed by atoms with Crippen LogP contribution in [0.2, 0.25) is 0 Å². The predicted molar refractivity (Wildman–Crippen MR) is 105 cm³/mol. The van der Waals surface area contributed by atoms with Gasteiger partial charge in [-0.15, -0.1) is 0 Å². The normalized spacial score (nSPS) is 16.1.